The second-order valence-electron chi connectivity index (χ2n) is 14.0. The summed E-state index contributed by atoms with van der Waals surface area (Å²) >= 11 is 0. The van der Waals surface area contributed by atoms with Gasteiger partial charge in [-0.25, -0.2) is 8.78 Å². The van der Waals surface area contributed by atoms with Crippen molar-refractivity contribution in [2.45, 2.75) is 99.5 Å². The van der Waals surface area contributed by atoms with Crippen LogP contribution < -0.4 is 20.5 Å². The molecular weight excluding hydrogens is 608 g/mol. The molecule has 8 rings (SSSR count). The van der Waals surface area contributed by atoms with Crippen molar-refractivity contribution in [2.24, 2.45) is 0 Å². The zero-order chi connectivity index (χ0) is 32.7. The van der Waals surface area contributed by atoms with Crippen molar-refractivity contribution in [1.82, 2.24) is 25.3 Å². The van der Waals surface area contributed by atoms with Gasteiger partial charge in [-0.2, -0.15) is 15.2 Å². The molecule has 2 spiro atoms. The second-order valence-corrected chi connectivity index (χ2v) is 14.0. The van der Waals surface area contributed by atoms with Crippen LogP contribution >= 0.6 is 0 Å². The van der Waals surface area contributed by atoms with Gasteiger partial charge in [0.2, 0.25) is 11.8 Å². The Labute approximate surface area is 271 Å². The predicted octanol–water partition coefficient (Wildman–Crippen LogP) is 4.16. The van der Waals surface area contributed by atoms with E-state index in [0.717, 1.165) is 61.1 Å². The predicted molar refractivity (Wildman–Crippen MR) is 166 cm³/mol. The fourth-order valence-electron chi connectivity index (χ4n) is 9.00. The van der Waals surface area contributed by atoms with Gasteiger partial charge in [0, 0.05) is 44.3 Å². The third-order valence-corrected chi connectivity index (χ3v) is 11.3. The molecule has 2 saturated heterocycles. The molecule has 11 nitrogen and oxygen atoms in total. The number of anilines is 1. The first kappa shape index (κ1) is 30.5. The van der Waals surface area contributed by atoms with Crippen LogP contribution in [0.4, 0.5) is 14.5 Å². The van der Waals surface area contributed by atoms with Crippen LogP contribution in [0.2, 0.25) is 0 Å². The highest BCUT2D eigenvalue weighted by atomic mass is 19.3. The van der Waals surface area contributed by atoms with Gasteiger partial charge in [-0.05, 0) is 69.7 Å². The molecule has 2 aromatic heterocycles. The molecular formula is C34H39F2N7O4. The van der Waals surface area contributed by atoms with E-state index in [9.17, 15) is 14.0 Å². The Hall–Kier alpha value is -3.86. The Kier molecular flexibility index (Phi) is 7.02. The lowest BCUT2D eigenvalue weighted by Crippen LogP contribution is -2.78. The number of nitrogens with zero attached hydrogens (tertiary/aromatic N) is 5. The number of benzene rings is 1. The number of nitrogens with two attached hydrogens (primary N) is 1. The SMILES string of the molecule is COC1CCN(C)C1C(C)Oc1cc(OC2CNC23CC(F)(F)C3)nc(-c2noc3c2CCCC32CCc3ccc(N)c(C#N)c32)n1. The molecule has 2 aliphatic heterocycles. The van der Waals surface area contributed by atoms with E-state index in [2.05, 4.69) is 21.4 Å². The summed E-state index contributed by atoms with van der Waals surface area (Å²) in [6, 6.07) is 7.79. The van der Waals surface area contributed by atoms with Crippen molar-refractivity contribution in [2.75, 3.05) is 33.0 Å². The number of nitrogens with one attached hydrogen (secondary N) is 1. The number of nitriles is 1. The van der Waals surface area contributed by atoms with E-state index >= 15 is 0 Å². The van der Waals surface area contributed by atoms with Gasteiger partial charge >= 0.3 is 0 Å². The standard InChI is InChI=1S/C34H39F2N7O4/c1-18(29-23(44-3)9-12-43(29)2)45-25-13-26(46-24-15-39-33(24)16-34(35,36)17-33)41-31(40-25)28-20-5-4-10-32(30(20)47-42-28)11-8-19-6-7-22(38)21(14-37)27(19)32/h6-7,13,18,23-24,29,39H,4-5,8-12,15-17,38H2,1-3H3. The van der Waals surface area contributed by atoms with Crippen molar-refractivity contribution < 1.29 is 27.5 Å². The number of ether oxygens (including phenoxy) is 3. The summed E-state index contributed by atoms with van der Waals surface area (Å²) in [5.74, 6) is -1.18. The number of methoxy groups -OCH3 is 1. The van der Waals surface area contributed by atoms with Crippen molar-refractivity contribution >= 4 is 5.69 Å². The van der Waals surface area contributed by atoms with E-state index in [4.69, 9.17) is 34.4 Å². The maximum Gasteiger partial charge on any atom is 0.252 e. The van der Waals surface area contributed by atoms with E-state index in [1.807, 2.05) is 20.0 Å². The zero-order valence-electron chi connectivity index (χ0n) is 26.8. The number of hydrogen-bond donors (Lipinski definition) is 2. The Morgan fingerprint density at radius 3 is 2.72 bits per heavy atom. The zero-order valence-corrected chi connectivity index (χ0v) is 26.8. The van der Waals surface area contributed by atoms with Gasteiger partial charge in [-0.1, -0.05) is 11.2 Å². The summed E-state index contributed by atoms with van der Waals surface area (Å²) < 4.78 is 52.5. The number of halogens is 2. The summed E-state index contributed by atoms with van der Waals surface area (Å²) in [6.45, 7) is 3.31. The van der Waals surface area contributed by atoms with E-state index in [1.165, 1.54) is 0 Å². The highest BCUT2D eigenvalue weighted by molar-refractivity contribution is 5.68. The minimum absolute atomic E-state index is 0.00274. The molecule has 0 bridgehead atoms. The number of aryl methyl sites for hydroxylation is 1. The van der Waals surface area contributed by atoms with Gasteiger partial charge in [0.1, 0.15) is 18.3 Å². The quantitative estimate of drug-likeness (QED) is 0.357. The average molecular weight is 648 g/mol. The third-order valence-electron chi connectivity index (χ3n) is 11.3. The normalized spacial score (nSPS) is 29.1. The van der Waals surface area contributed by atoms with Crippen molar-refractivity contribution in [1.29, 1.82) is 5.26 Å². The number of nitrogen functional groups attached to an aromatic ring is 1. The second kappa shape index (κ2) is 10.8. The van der Waals surface area contributed by atoms with Crippen LogP contribution in [0.3, 0.4) is 0 Å². The van der Waals surface area contributed by atoms with E-state index in [-0.39, 0.29) is 42.8 Å². The van der Waals surface area contributed by atoms with E-state index in [1.54, 1.807) is 19.2 Å². The highest BCUT2D eigenvalue weighted by Crippen LogP contribution is 2.54. The molecule has 0 radical (unpaired) electrons. The summed E-state index contributed by atoms with van der Waals surface area (Å²) in [5, 5.41) is 17.8. The molecule has 5 atom stereocenters. The topological polar surface area (TPSA) is 145 Å². The van der Waals surface area contributed by atoms with Gasteiger partial charge in [-0.3, -0.25) is 4.90 Å². The first-order valence-electron chi connectivity index (χ1n) is 16.5. The maximum atomic E-state index is 13.9. The molecule has 4 heterocycles. The van der Waals surface area contributed by atoms with Crippen LogP contribution in [0.1, 0.15) is 73.5 Å². The summed E-state index contributed by atoms with van der Waals surface area (Å²) in [4.78, 5) is 11.8. The number of alkyl halides is 2. The van der Waals surface area contributed by atoms with Crippen LogP contribution in [0, 0.1) is 11.3 Å². The number of aromatic nitrogens is 3. The molecule has 1 aromatic carbocycles. The fraction of sp³-hybridized carbons (Fsp3) is 0.588. The lowest BCUT2D eigenvalue weighted by atomic mass is 9.65. The molecule has 3 N–H and O–H groups in total. The fourth-order valence-corrected chi connectivity index (χ4v) is 9.00. The van der Waals surface area contributed by atoms with Crippen molar-refractivity contribution in [3.63, 3.8) is 0 Å². The first-order chi connectivity index (χ1) is 22.6. The minimum atomic E-state index is -2.70. The van der Waals surface area contributed by atoms with Crippen LogP contribution in [-0.2, 0) is 23.0 Å². The Bertz CT molecular complexity index is 1770. The lowest BCUT2D eigenvalue weighted by Gasteiger charge is -2.58. The molecule has 5 unspecified atom stereocenters. The van der Waals surface area contributed by atoms with Gasteiger partial charge in [0.25, 0.3) is 5.92 Å². The van der Waals surface area contributed by atoms with Crippen LogP contribution in [-0.4, -0.2) is 83.1 Å². The molecule has 1 saturated carbocycles. The monoisotopic (exact) mass is 647 g/mol. The smallest absolute Gasteiger partial charge is 0.252 e. The summed E-state index contributed by atoms with van der Waals surface area (Å²) in [5.41, 5.74) is 9.38. The molecule has 3 aromatic rings. The largest absolute Gasteiger partial charge is 0.473 e. The van der Waals surface area contributed by atoms with Gasteiger partial charge in [0.15, 0.2) is 17.3 Å². The number of likely N-dealkylation sites (tertiary alicyclic amines) is 1. The highest BCUT2D eigenvalue weighted by Gasteiger charge is 2.65. The van der Waals surface area contributed by atoms with Crippen molar-refractivity contribution in [3.05, 3.63) is 46.2 Å². The van der Waals surface area contributed by atoms with Gasteiger partial charge in [-0.15, -0.1) is 0 Å². The molecule has 0 amide bonds. The first-order valence-corrected chi connectivity index (χ1v) is 16.5. The summed E-state index contributed by atoms with van der Waals surface area (Å²) in [7, 11) is 3.76. The lowest BCUT2D eigenvalue weighted by molar-refractivity contribution is -0.193. The molecule has 47 heavy (non-hydrogen) atoms. The van der Waals surface area contributed by atoms with E-state index < -0.39 is 23.0 Å². The summed E-state index contributed by atoms with van der Waals surface area (Å²) in [6.07, 6.45) is 3.57. The number of fused-ring (bicyclic) bond motifs is 4. The number of likely N-dealkylation sites (N-methyl/N-ethyl adjacent to an activating group) is 1. The Morgan fingerprint density at radius 1 is 1.19 bits per heavy atom. The molecule has 3 fully saturated rings. The van der Waals surface area contributed by atoms with E-state index in [0.29, 0.717) is 35.8 Å². The molecule has 3 aliphatic carbocycles. The molecule has 5 aliphatic rings. The van der Waals surface area contributed by atoms with Crippen LogP contribution in [0.5, 0.6) is 11.8 Å². The molecule has 248 valence electrons. The van der Waals surface area contributed by atoms with Crippen LogP contribution in [0.25, 0.3) is 11.5 Å². The van der Waals surface area contributed by atoms with Crippen molar-refractivity contribution in [3.8, 4) is 29.3 Å². The maximum absolute atomic E-state index is 13.9. The number of hydrogen-bond acceptors (Lipinski definition) is 11. The minimum Gasteiger partial charge on any atom is -0.473 e. The Balaban J connectivity index is 1.17. The van der Waals surface area contributed by atoms with Crippen LogP contribution in [0.15, 0.2) is 22.7 Å². The average Bonchev–Trinajstić information content (AvgIpc) is 3.74. The van der Waals surface area contributed by atoms with Gasteiger partial charge in [0.05, 0.1) is 34.7 Å². The van der Waals surface area contributed by atoms with Gasteiger partial charge < -0.3 is 29.8 Å². The molecule has 13 heteroatoms. The third kappa shape index (κ3) is 4.70. The number of rotatable bonds is 7. The Morgan fingerprint density at radius 2 is 2.00 bits per heavy atom.